The van der Waals surface area contributed by atoms with Gasteiger partial charge in [-0.1, -0.05) is 22.9 Å². The Hall–Kier alpha value is -0.440. The first kappa shape index (κ1) is 7.66. The summed E-state index contributed by atoms with van der Waals surface area (Å²) in [6, 6.07) is 0. The molecule has 1 rings (SSSR count). The minimum Gasteiger partial charge on any atom is -0.261 e. The summed E-state index contributed by atoms with van der Waals surface area (Å²) >= 11 is 3.48. The zero-order valence-corrected chi connectivity index (χ0v) is 7.37. The first-order valence-corrected chi connectivity index (χ1v) is 4.16. The maximum atomic E-state index is 4.14. The van der Waals surface area contributed by atoms with Gasteiger partial charge in [-0.2, -0.15) is 0 Å². The van der Waals surface area contributed by atoms with Crippen LogP contribution >= 0.6 is 15.9 Å². The van der Waals surface area contributed by atoms with Crippen LogP contribution in [-0.4, -0.2) is 9.97 Å². The molecule has 0 fully saturated rings. The second-order valence-corrected chi connectivity index (χ2v) is 3.11. The van der Waals surface area contributed by atoms with E-state index in [1.165, 1.54) is 0 Å². The third-order valence-corrected chi connectivity index (χ3v) is 2.38. The smallest absolute Gasteiger partial charge is 0.0722 e. The minimum absolute atomic E-state index is 0.348. The Labute approximate surface area is 68.8 Å². The highest BCUT2D eigenvalue weighted by Gasteiger charge is 2.03. The molecule has 0 saturated carbocycles. The molecule has 0 aliphatic rings. The van der Waals surface area contributed by atoms with Crippen molar-refractivity contribution in [2.75, 3.05) is 0 Å². The predicted octanol–water partition coefficient (Wildman–Crippen LogP) is 2.32. The Balaban J connectivity index is 2.75. The fourth-order valence-electron chi connectivity index (χ4n) is 0.682. The summed E-state index contributed by atoms with van der Waals surface area (Å²) in [7, 11) is 0. The van der Waals surface area contributed by atoms with Crippen molar-refractivity contribution in [1.29, 1.82) is 0 Å². The zero-order chi connectivity index (χ0) is 7.40. The molecule has 1 aromatic rings. The van der Waals surface area contributed by atoms with Gasteiger partial charge in [-0.3, -0.25) is 9.97 Å². The number of hydrogen-bond donors (Lipinski definition) is 0. The minimum atomic E-state index is 0.348. The topological polar surface area (TPSA) is 25.8 Å². The van der Waals surface area contributed by atoms with Gasteiger partial charge in [0.25, 0.3) is 0 Å². The largest absolute Gasteiger partial charge is 0.261 e. The lowest BCUT2D eigenvalue weighted by Crippen LogP contribution is -1.91. The number of rotatable bonds is 2. The third-order valence-electron chi connectivity index (χ3n) is 1.26. The SMILES string of the molecule is CC[C@H](Br)c1cnccn1. The van der Waals surface area contributed by atoms with E-state index in [4.69, 9.17) is 0 Å². The summed E-state index contributed by atoms with van der Waals surface area (Å²) in [5.74, 6) is 0. The average Bonchev–Trinajstić information content (AvgIpc) is 2.05. The normalized spacial score (nSPS) is 13.0. The Morgan fingerprint density at radius 1 is 1.60 bits per heavy atom. The van der Waals surface area contributed by atoms with Crippen molar-refractivity contribution in [1.82, 2.24) is 9.97 Å². The molecule has 54 valence electrons. The molecule has 0 saturated heterocycles. The molecule has 10 heavy (non-hydrogen) atoms. The second-order valence-electron chi connectivity index (χ2n) is 2.01. The van der Waals surface area contributed by atoms with E-state index in [9.17, 15) is 0 Å². The lowest BCUT2D eigenvalue weighted by molar-refractivity contribution is 0.861. The lowest BCUT2D eigenvalue weighted by Gasteiger charge is -2.02. The van der Waals surface area contributed by atoms with Crippen molar-refractivity contribution in [2.24, 2.45) is 0 Å². The lowest BCUT2D eigenvalue weighted by atomic mass is 10.3. The summed E-state index contributed by atoms with van der Waals surface area (Å²) in [6.45, 7) is 2.11. The number of nitrogens with zero attached hydrogens (tertiary/aromatic N) is 2. The highest BCUT2D eigenvalue weighted by molar-refractivity contribution is 9.09. The second kappa shape index (κ2) is 3.66. The summed E-state index contributed by atoms with van der Waals surface area (Å²) < 4.78 is 0. The molecule has 1 heterocycles. The van der Waals surface area contributed by atoms with E-state index in [-0.39, 0.29) is 0 Å². The van der Waals surface area contributed by atoms with E-state index in [1.807, 2.05) is 0 Å². The Morgan fingerprint density at radius 3 is 2.90 bits per heavy atom. The maximum Gasteiger partial charge on any atom is 0.0722 e. The summed E-state index contributed by atoms with van der Waals surface area (Å²) in [4.78, 5) is 8.45. The van der Waals surface area contributed by atoms with E-state index in [0.29, 0.717) is 4.83 Å². The van der Waals surface area contributed by atoms with E-state index in [0.717, 1.165) is 12.1 Å². The Bertz CT molecular complexity index is 188. The molecule has 0 aromatic carbocycles. The summed E-state index contributed by atoms with van der Waals surface area (Å²) in [5.41, 5.74) is 1.00. The molecule has 0 spiro atoms. The van der Waals surface area contributed by atoms with E-state index >= 15 is 0 Å². The van der Waals surface area contributed by atoms with Crippen LogP contribution < -0.4 is 0 Å². The van der Waals surface area contributed by atoms with Gasteiger partial charge in [-0.15, -0.1) is 0 Å². The fraction of sp³-hybridized carbons (Fsp3) is 0.429. The fourth-order valence-corrected chi connectivity index (χ4v) is 0.918. The molecule has 1 atom stereocenters. The van der Waals surface area contributed by atoms with Gasteiger partial charge in [-0.05, 0) is 6.42 Å². The number of alkyl halides is 1. The van der Waals surface area contributed by atoms with E-state index in [1.54, 1.807) is 18.6 Å². The van der Waals surface area contributed by atoms with Gasteiger partial charge < -0.3 is 0 Å². The maximum absolute atomic E-state index is 4.14. The highest BCUT2D eigenvalue weighted by atomic mass is 79.9. The monoisotopic (exact) mass is 200 g/mol. The first-order valence-electron chi connectivity index (χ1n) is 3.24. The van der Waals surface area contributed by atoms with Crippen LogP contribution in [0.2, 0.25) is 0 Å². The molecule has 0 N–H and O–H groups in total. The van der Waals surface area contributed by atoms with Crippen LogP contribution in [0.3, 0.4) is 0 Å². The van der Waals surface area contributed by atoms with E-state index < -0.39 is 0 Å². The third kappa shape index (κ3) is 1.77. The van der Waals surface area contributed by atoms with Gasteiger partial charge in [0.15, 0.2) is 0 Å². The van der Waals surface area contributed by atoms with Crippen LogP contribution in [0.1, 0.15) is 23.9 Å². The van der Waals surface area contributed by atoms with Crippen molar-refractivity contribution >= 4 is 15.9 Å². The molecule has 0 aliphatic heterocycles. The average molecular weight is 201 g/mol. The van der Waals surface area contributed by atoms with Gasteiger partial charge in [0.05, 0.1) is 10.5 Å². The summed E-state index contributed by atoms with van der Waals surface area (Å²) in [5, 5.41) is 0. The van der Waals surface area contributed by atoms with E-state index in [2.05, 4.69) is 32.8 Å². The van der Waals surface area contributed by atoms with Gasteiger partial charge in [-0.25, -0.2) is 0 Å². The molecule has 0 unspecified atom stereocenters. The molecule has 2 nitrogen and oxygen atoms in total. The quantitative estimate of drug-likeness (QED) is 0.686. The predicted molar refractivity (Wildman–Crippen MR) is 44.0 cm³/mol. The van der Waals surface area contributed by atoms with Crippen LogP contribution in [0, 0.1) is 0 Å². The van der Waals surface area contributed by atoms with Gasteiger partial charge in [0.1, 0.15) is 0 Å². The van der Waals surface area contributed by atoms with Crippen molar-refractivity contribution in [3.05, 3.63) is 24.3 Å². The number of aromatic nitrogens is 2. The number of halogens is 1. The van der Waals surface area contributed by atoms with Crippen LogP contribution in [0.4, 0.5) is 0 Å². The number of hydrogen-bond acceptors (Lipinski definition) is 2. The van der Waals surface area contributed by atoms with Crippen LogP contribution in [-0.2, 0) is 0 Å². The molecular weight excluding hydrogens is 192 g/mol. The standard InChI is InChI=1S/C7H9BrN2/c1-2-6(8)7-5-9-3-4-10-7/h3-6H,2H2,1H3/t6-/m0/s1. The van der Waals surface area contributed by atoms with Crippen LogP contribution in [0.15, 0.2) is 18.6 Å². The molecule has 0 radical (unpaired) electrons. The Kier molecular flexibility index (Phi) is 2.81. The van der Waals surface area contributed by atoms with Crippen LogP contribution in [0.5, 0.6) is 0 Å². The highest BCUT2D eigenvalue weighted by Crippen LogP contribution is 2.22. The summed E-state index contributed by atoms with van der Waals surface area (Å²) in [6.07, 6.45) is 6.21. The molecule has 0 bridgehead atoms. The van der Waals surface area contributed by atoms with Crippen molar-refractivity contribution in [3.63, 3.8) is 0 Å². The molecule has 0 aliphatic carbocycles. The van der Waals surface area contributed by atoms with Crippen molar-refractivity contribution in [3.8, 4) is 0 Å². The zero-order valence-electron chi connectivity index (χ0n) is 5.79. The van der Waals surface area contributed by atoms with Gasteiger partial charge in [0.2, 0.25) is 0 Å². The van der Waals surface area contributed by atoms with Gasteiger partial charge in [0, 0.05) is 18.6 Å². The Morgan fingerprint density at radius 2 is 2.40 bits per heavy atom. The molecule has 3 heteroatoms. The molecule has 1 aromatic heterocycles. The molecule has 0 amide bonds. The van der Waals surface area contributed by atoms with Crippen molar-refractivity contribution in [2.45, 2.75) is 18.2 Å². The molecular formula is C7H9BrN2. The first-order chi connectivity index (χ1) is 4.84. The van der Waals surface area contributed by atoms with Crippen molar-refractivity contribution < 1.29 is 0 Å². The van der Waals surface area contributed by atoms with Gasteiger partial charge >= 0.3 is 0 Å². The van der Waals surface area contributed by atoms with Crippen LogP contribution in [0.25, 0.3) is 0 Å².